The van der Waals surface area contributed by atoms with Gasteiger partial charge in [0, 0.05) is 18.9 Å². The van der Waals surface area contributed by atoms with E-state index in [1.54, 1.807) is 11.4 Å². The van der Waals surface area contributed by atoms with Crippen molar-refractivity contribution < 1.29 is 4.79 Å². The SMILES string of the molecule is CNc1nc2ccccn2c1C(=O)Nc1ccccc1. The van der Waals surface area contributed by atoms with Crippen LogP contribution in [-0.4, -0.2) is 22.3 Å². The first-order valence-corrected chi connectivity index (χ1v) is 6.31. The van der Waals surface area contributed by atoms with Gasteiger partial charge in [0.2, 0.25) is 0 Å². The predicted molar refractivity (Wildman–Crippen MR) is 79.1 cm³/mol. The van der Waals surface area contributed by atoms with Gasteiger partial charge in [-0.2, -0.15) is 0 Å². The Hall–Kier alpha value is -2.82. The second-order valence-corrected chi connectivity index (χ2v) is 4.31. The lowest BCUT2D eigenvalue weighted by atomic mass is 10.3. The number of para-hydroxylation sites is 1. The van der Waals surface area contributed by atoms with Crippen molar-refractivity contribution in [2.45, 2.75) is 0 Å². The summed E-state index contributed by atoms with van der Waals surface area (Å²) in [5, 5.41) is 5.83. The number of imidazole rings is 1. The zero-order valence-electron chi connectivity index (χ0n) is 11.0. The van der Waals surface area contributed by atoms with Gasteiger partial charge in [-0.1, -0.05) is 24.3 Å². The molecule has 0 bridgehead atoms. The molecule has 5 nitrogen and oxygen atoms in total. The standard InChI is InChI=1S/C15H14N4O/c1-16-14-13(19-10-6-5-9-12(19)18-14)15(20)17-11-7-3-2-4-8-11/h2-10,16H,1H3,(H,17,20). The largest absolute Gasteiger partial charge is 0.371 e. The van der Waals surface area contributed by atoms with Crippen LogP contribution in [0.4, 0.5) is 11.5 Å². The molecule has 1 amide bonds. The molecule has 2 heterocycles. The normalized spacial score (nSPS) is 10.4. The summed E-state index contributed by atoms with van der Waals surface area (Å²) in [6.07, 6.45) is 1.82. The summed E-state index contributed by atoms with van der Waals surface area (Å²) in [6.45, 7) is 0. The zero-order chi connectivity index (χ0) is 13.9. The van der Waals surface area contributed by atoms with Crippen molar-refractivity contribution in [1.29, 1.82) is 0 Å². The van der Waals surface area contributed by atoms with Gasteiger partial charge in [-0.3, -0.25) is 9.20 Å². The number of nitrogens with one attached hydrogen (secondary N) is 2. The van der Waals surface area contributed by atoms with E-state index in [1.165, 1.54) is 0 Å². The highest BCUT2D eigenvalue weighted by Crippen LogP contribution is 2.18. The number of carbonyl (C=O) groups excluding carboxylic acids is 1. The molecule has 100 valence electrons. The lowest BCUT2D eigenvalue weighted by Crippen LogP contribution is -2.15. The van der Waals surface area contributed by atoms with Gasteiger partial charge in [0.1, 0.15) is 5.65 Å². The van der Waals surface area contributed by atoms with Crippen LogP contribution in [-0.2, 0) is 0 Å². The smallest absolute Gasteiger partial charge is 0.276 e. The van der Waals surface area contributed by atoms with E-state index in [4.69, 9.17) is 0 Å². The number of rotatable bonds is 3. The van der Waals surface area contributed by atoms with Gasteiger partial charge < -0.3 is 10.6 Å². The molecule has 0 radical (unpaired) electrons. The van der Waals surface area contributed by atoms with Crippen molar-refractivity contribution >= 4 is 23.1 Å². The van der Waals surface area contributed by atoms with Gasteiger partial charge in [-0.25, -0.2) is 4.98 Å². The van der Waals surface area contributed by atoms with Gasteiger partial charge in [-0.05, 0) is 24.3 Å². The molecule has 0 saturated carbocycles. The molecule has 2 aromatic heterocycles. The molecule has 3 rings (SSSR count). The molecule has 0 aliphatic carbocycles. The molecule has 0 aliphatic rings. The molecule has 5 heteroatoms. The molecule has 1 aromatic carbocycles. The highest BCUT2D eigenvalue weighted by molar-refractivity contribution is 6.07. The van der Waals surface area contributed by atoms with Crippen molar-refractivity contribution in [3.8, 4) is 0 Å². The molecule has 0 saturated heterocycles. The fraction of sp³-hybridized carbons (Fsp3) is 0.0667. The molecule has 20 heavy (non-hydrogen) atoms. The van der Waals surface area contributed by atoms with Crippen molar-refractivity contribution in [2.24, 2.45) is 0 Å². The first-order chi connectivity index (χ1) is 9.79. The number of amides is 1. The van der Waals surface area contributed by atoms with Crippen LogP contribution < -0.4 is 10.6 Å². The minimum Gasteiger partial charge on any atom is -0.371 e. The van der Waals surface area contributed by atoms with Crippen LogP contribution in [0.15, 0.2) is 54.7 Å². The maximum absolute atomic E-state index is 12.5. The van der Waals surface area contributed by atoms with Crippen LogP contribution in [0.3, 0.4) is 0 Å². The Bertz CT molecular complexity index is 749. The first kappa shape index (κ1) is 12.2. The van der Waals surface area contributed by atoms with Gasteiger partial charge in [0.05, 0.1) is 0 Å². The third-order valence-corrected chi connectivity index (χ3v) is 3.01. The number of pyridine rings is 1. The average Bonchev–Trinajstić information content (AvgIpc) is 2.86. The number of hydrogen-bond donors (Lipinski definition) is 2. The Labute approximate surface area is 116 Å². The second-order valence-electron chi connectivity index (χ2n) is 4.31. The van der Waals surface area contributed by atoms with E-state index in [-0.39, 0.29) is 5.91 Å². The van der Waals surface area contributed by atoms with Crippen LogP contribution >= 0.6 is 0 Å². The molecular formula is C15H14N4O. The van der Waals surface area contributed by atoms with Crippen LogP contribution in [0.2, 0.25) is 0 Å². The number of nitrogens with zero attached hydrogens (tertiary/aromatic N) is 2. The number of hydrogen-bond acceptors (Lipinski definition) is 3. The van der Waals surface area contributed by atoms with Gasteiger partial charge in [0.25, 0.3) is 5.91 Å². The molecule has 3 aromatic rings. The molecule has 0 atom stereocenters. The van der Waals surface area contributed by atoms with E-state index in [2.05, 4.69) is 15.6 Å². The monoisotopic (exact) mass is 266 g/mol. The predicted octanol–water partition coefficient (Wildman–Crippen LogP) is 2.63. The van der Waals surface area contributed by atoms with E-state index in [9.17, 15) is 4.79 Å². The highest BCUT2D eigenvalue weighted by atomic mass is 16.2. The van der Waals surface area contributed by atoms with E-state index < -0.39 is 0 Å². The summed E-state index contributed by atoms with van der Waals surface area (Å²) >= 11 is 0. The molecule has 2 N–H and O–H groups in total. The van der Waals surface area contributed by atoms with E-state index in [0.717, 1.165) is 11.3 Å². The number of carbonyl (C=O) groups is 1. The second kappa shape index (κ2) is 5.05. The summed E-state index contributed by atoms with van der Waals surface area (Å²) in [5.41, 5.74) is 1.98. The van der Waals surface area contributed by atoms with Crippen LogP contribution in [0.5, 0.6) is 0 Å². The first-order valence-electron chi connectivity index (χ1n) is 6.31. The minimum atomic E-state index is -0.195. The Morgan fingerprint density at radius 2 is 1.85 bits per heavy atom. The van der Waals surface area contributed by atoms with E-state index in [0.29, 0.717) is 11.5 Å². The lowest BCUT2D eigenvalue weighted by molar-refractivity contribution is 0.102. The molecular weight excluding hydrogens is 252 g/mol. The summed E-state index contributed by atoms with van der Waals surface area (Å²) in [6, 6.07) is 15.0. The van der Waals surface area contributed by atoms with Crippen LogP contribution in [0, 0.1) is 0 Å². The van der Waals surface area contributed by atoms with Gasteiger partial charge >= 0.3 is 0 Å². The van der Waals surface area contributed by atoms with E-state index >= 15 is 0 Å². The van der Waals surface area contributed by atoms with E-state index in [1.807, 2.05) is 54.7 Å². The van der Waals surface area contributed by atoms with Gasteiger partial charge in [-0.15, -0.1) is 0 Å². The van der Waals surface area contributed by atoms with Crippen molar-refractivity contribution in [3.05, 3.63) is 60.4 Å². The summed E-state index contributed by atoms with van der Waals surface area (Å²) in [7, 11) is 1.75. The third kappa shape index (κ3) is 2.09. The maximum Gasteiger partial charge on any atom is 0.276 e. The fourth-order valence-corrected chi connectivity index (χ4v) is 2.10. The van der Waals surface area contributed by atoms with Crippen molar-refractivity contribution in [1.82, 2.24) is 9.38 Å². The van der Waals surface area contributed by atoms with Crippen molar-refractivity contribution in [2.75, 3.05) is 17.7 Å². The number of aromatic nitrogens is 2. The van der Waals surface area contributed by atoms with Crippen molar-refractivity contribution in [3.63, 3.8) is 0 Å². The quantitative estimate of drug-likeness (QED) is 0.766. The zero-order valence-corrected chi connectivity index (χ0v) is 11.0. The topological polar surface area (TPSA) is 58.4 Å². The number of anilines is 2. The minimum absolute atomic E-state index is 0.195. The lowest BCUT2D eigenvalue weighted by Gasteiger charge is -2.06. The third-order valence-electron chi connectivity index (χ3n) is 3.01. The van der Waals surface area contributed by atoms with Gasteiger partial charge in [0.15, 0.2) is 11.5 Å². The summed E-state index contributed by atoms with van der Waals surface area (Å²) in [5.74, 6) is 0.365. The maximum atomic E-state index is 12.5. The summed E-state index contributed by atoms with van der Waals surface area (Å²) < 4.78 is 1.77. The molecule has 0 spiro atoms. The van der Waals surface area contributed by atoms with Crippen LogP contribution in [0.25, 0.3) is 5.65 Å². The number of fused-ring (bicyclic) bond motifs is 1. The summed E-state index contributed by atoms with van der Waals surface area (Å²) in [4.78, 5) is 16.8. The fourth-order valence-electron chi connectivity index (χ4n) is 2.10. The Morgan fingerprint density at radius 3 is 2.60 bits per heavy atom. The Balaban J connectivity index is 2.02. The molecule has 0 aliphatic heterocycles. The van der Waals surface area contributed by atoms with Crippen LogP contribution in [0.1, 0.15) is 10.5 Å². The molecule has 0 fully saturated rings. The Morgan fingerprint density at radius 1 is 1.10 bits per heavy atom. The average molecular weight is 266 g/mol. The Kier molecular flexibility index (Phi) is 3.09. The highest BCUT2D eigenvalue weighted by Gasteiger charge is 2.18. The number of benzene rings is 1. The molecule has 0 unspecified atom stereocenters.